The van der Waals surface area contributed by atoms with Gasteiger partial charge < -0.3 is 9.47 Å². The van der Waals surface area contributed by atoms with Gasteiger partial charge in [0.1, 0.15) is 18.0 Å². The summed E-state index contributed by atoms with van der Waals surface area (Å²) in [5.74, 6) is -1.70. The van der Waals surface area contributed by atoms with Gasteiger partial charge in [-0.25, -0.2) is 4.39 Å². The van der Waals surface area contributed by atoms with E-state index >= 15 is 0 Å². The first-order chi connectivity index (χ1) is 13.4. The van der Waals surface area contributed by atoms with Crippen LogP contribution in [0.4, 0.5) is 4.39 Å². The van der Waals surface area contributed by atoms with Crippen LogP contribution in [-0.2, 0) is 19.1 Å². The summed E-state index contributed by atoms with van der Waals surface area (Å²) in [6.45, 7) is 4.29. The normalized spacial score (nSPS) is 26.6. The van der Waals surface area contributed by atoms with Gasteiger partial charge in [-0.3, -0.25) is 14.6 Å². The molecule has 0 radical (unpaired) electrons. The fourth-order valence-electron chi connectivity index (χ4n) is 4.42. The smallest absolute Gasteiger partial charge is 0.193 e. The van der Waals surface area contributed by atoms with Crippen LogP contribution in [0.25, 0.3) is 0 Å². The summed E-state index contributed by atoms with van der Waals surface area (Å²) in [7, 11) is 0. The molecule has 0 spiro atoms. The van der Waals surface area contributed by atoms with E-state index in [4.69, 9.17) is 9.47 Å². The fraction of sp³-hybridized carbons (Fsp3) is 0.476. The molecule has 0 aromatic heterocycles. The summed E-state index contributed by atoms with van der Waals surface area (Å²) >= 11 is 3.23. The number of fused-ring (bicyclic) bond motifs is 1. The third kappa shape index (κ3) is 2.91. The molecule has 0 aliphatic carbocycles. The molecule has 0 N–H and O–H groups in total. The fourth-order valence-corrected chi connectivity index (χ4v) is 4.82. The molecule has 0 amide bonds. The summed E-state index contributed by atoms with van der Waals surface area (Å²) in [6.07, 6.45) is 1.08. The molecular weight excluding hydrogens is 429 g/mol. The molecule has 4 rings (SSSR count). The Hall–Kier alpha value is -1.70. The van der Waals surface area contributed by atoms with Crippen molar-refractivity contribution < 1.29 is 23.5 Å². The number of aliphatic imine (C=N–C) groups is 1. The molecule has 1 aromatic rings. The Morgan fingerprint density at radius 3 is 2.61 bits per heavy atom. The zero-order chi connectivity index (χ0) is 20.1. The van der Waals surface area contributed by atoms with Gasteiger partial charge in [0.15, 0.2) is 11.6 Å². The van der Waals surface area contributed by atoms with E-state index in [-0.39, 0.29) is 31.4 Å². The van der Waals surface area contributed by atoms with Gasteiger partial charge in [0.25, 0.3) is 0 Å². The molecule has 0 bridgehead atoms. The molecule has 1 fully saturated rings. The first-order valence-corrected chi connectivity index (χ1v) is 10.3. The number of carbonyl (C=O) groups is 2. The van der Waals surface area contributed by atoms with Crippen molar-refractivity contribution in [2.45, 2.75) is 38.2 Å². The molecule has 1 saturated heterocycles. The Balaban J connectivity index is 1.92. The minimum Gasteiger partial charge on any atom is -0.368 e. The van der Waals surface area contributed by atoms with Crippen LogP contribution in [0.5, 0.6) is 0 Å². The molecule has 0 saturated carbocycles. The Kier molecular flexibility index (Phi) is 5.10. The zero-order valence-electron chi connectivity index (χ0n) is 15.8. The van der Waals surface area contributed by atoms with Crippen molar-refractivity contribution in [1.82, 2.24) is 0 Å². The van der Waals surface area contributed by atoms with Gasteiger partial charge in [0.05, 0.1) is 35.0 Å². The SMILES string of the molecule is CCC1(CC)OCC2=C(C1=O)C(c1ccc(F)c(Br)c1)C1C(=O)COCC1=N2. The standard InChI is InChI=1S/C21H21BrFNO4/c1-3-21(4-2)20(26)19-15(9-28-21)24-14-8-27-10-16(25)18(14)17(19)11-5-6-13(23)12(22)7-11/h5-7,17-18H,3-4,8-10H2,1-2H3. The van der Waals surface area contributed by atoms with Crippen LogP contribution in [0, 0.1) is 11.7 Å². The van der Waals surface area contributed by atoms with Gasteiger partial charge in [-0.2, -0.15) is 0 Å². The summed E-state index contributed by atoms with van der Waals surface area (Å²) < 4.78 is 25.5. The number of hydrogen-bond acceptors (Lipinski definition) is 5. The van der Waals surface area contributed by atoms with E-state index < -0.39 is 23.3 Å². The van der Waals surface area contributed by atoms with E-state index in [2.05, 4.69) is 20.9 Å². The highest BCUT2D eigenvalue weighted by atomic mass is 79.9. The van der Waals surface area contributed by atoms with Crippen LogP contribution in [0.2, 0.25) is 0 Å². The second-order valence-electron chi connectivity index (χ2n) is 7.37. The average Bonchev–Trinajstić information content (AvgIpc) is 2.70. The first kappa shape index (κ1) is 19.6. The third-order valence-corrected chi connectivity index (χ3v) is 6.63. The Labute approximate surface area is 171 Å². The molecule has 3 aliphatic rings. The van der Waals surface area contributed by atoms with Crippen molar-refractivity contribution in [3.8, 4) is 0 Å². The Bertz CT molecular complexity index is 919. The van der Waals surface area contributed by atoms with E-state index in [1.54, 1.807) is 12.1 Å². The lowest BCUT2D eigenvalue weighted by Gasteiger charge is -2.43. The second kappa shape index (κ2) is 7.28. The van der Waals surface area contributed by atoms with Gasteiger partial charge in [-0.1, -0.05) is 19.9 Å². The predicted molar refractivity (Wildman–Crippen MR) is 105 cm³/mol. The molecule has 3 aliphatic heterocycles. The van der Waals surface area contributed by atoms with Crippen molar-refractivity contribution in [3.63, 3.8) is 0 Å². The molecule has 3 heterocycles. The Morgan fingerprint density at radius 2 is 1.93 bits per heavy atom. The highest BCUT2D eigenvalue weighted by Gasteiger charge is 2.51. The number of nitrogens with zero attached hydrogens (tertiary/aromatic N) is 1. The molecule has 7 heteroatoms. The minimum atomic E-state index is -0.907. The van der Waals surface area contributed by atoms with Gasteiger partial charge in [-0.05, 0) is 46.5 Å². The molecular formula is C21H21BrFNO4. The van der Waals surface area contributed by atoms with E-state index in [1.165, 1.54) is 6.07 Å². The number of Topliss-reactive ketones (excluding diaryl/α,β-unsaturated/α-hetero) is 2. The zero-order valence-corrected chi connectivity index (χ0v) is 17.3. The topological polar surface area (TPSA) is 65.0 Å². The van der Waals surface area contributed by atoms with Crippen molar-refractivity contribution in [2.75, 3.05) is 19.8 Å². The molecule has 1 aromatic carbocycles. The lowest BCUT2D eigenvalue weighted by Crippen LogP contribution is -2.51. The summed E-state index contributed by atoms with van der Waals surface area (Å²) in [5.41, 5.74) is 1.49. The van der Waals surface area contributed by atoms with Crippen LogP contribution in [0.1, 0.15) is 38.2 Å². The lowest BCUT2D eigenvalue weighted by atomic mass is 9.68. The van der Waals surface area contributed by atoms with Gasteiger partial charge in [0.2, 0.25) is 0 Å². The van der Waals surface area contributed by atoms with Crippen LogP contribution < -0.4 is 0 Å². The average molecular weight is 450 g/mol. The van der Waals surface area contributed by atoms with Crippen molar-refractivity contribution >= 4 is 33.2 Å². The van der Waals surface area contributed by atoms with Gasteiger partial charge >= 0.3 is 0 Å². The molecule has 5 nitrogen and oxygen atoms in total. The first-order valence-electron chi connectivity index (χ1n) is 9.46. The maximum Gasteiger partial charge on any atom is 0.193 e. The molecule has 2 atom stereocenters. The van der Waals surface area contributed by atoms with E-state index in [0.29, 0.717) is 39.9 Å². The number of rotatable bonds is 3. The Morgan fingerprint density at radius 1 is 1.18 bits per heavy atom. The number of hydrogen-bond donors (Lipinski definition) is 0. The molecule has 148 valence electrons. The number of benzene rings is 1. The van der Waals surface area contributed by atoms with Crippen LogP contribution in [-0.4, -0.2) is 42.7 Å². The second-order valence-corrected chi connectivity index (χ2v) is 8.23. The van der Waals surface area contributed by atoms with E-state index in [0.717, 1.165) is 0 Å². The highest BCUT2D eigenvalue weighted by Crippen LogP contribution is 2.46. The lowest BCUT2D eigenvalue weighted by molar-refractivity contribution is -0.144. The number of carbonyl (C=O) groups excluding carboxylic acids is 2. The molecule has 28 heavy (non-hydrogen) atoms. The van der Waals surface area contributed by atoms with E-state index in [1.807, 2.05) is 13.8 Å². The maximum atomic E-state index is 13.9. The largest absolute Gasteiger partial charge is 0.368 e. The summed E-state index contributed by atoms with van der Waals surface area (Å²) in [5, 5.41) is 0. The monoisotopic (exact) mass is 449 g/mol. The summed E-state index contributed by atoms with van der Waals surface area (Å²) in [6, 6.07) is 4.65. The van der Waals surface area contributed by atoms with Crippen molar-refractivity contribution in [2.24, 2.45) is 10.9 Å². The maximum absolute atomic E-state index is 13.9. The van der Waals surface area contributed by atoms with Crippen molar-refractivity contribution in [3.05, 3.63) is 45.3 Å². The quantitative estimate of drug-likeness (QED) is 0.704. The van der Waals surface area contributed by atoms with Gasteiger partial charge in [-0.15, -0.1) is 0 Å². The van der Waals surface area contributed by atoms with Crippen LogP contribution in [0.15, 0.2) is 38.9 Å². The number of halogens is 2. The summed E-state index contributed by atoms with van der Waals surface area (Å²) in [4.78, 5) is 31.0. The molecule has 2 unspecified atom stereocenters. The third-order valence-electron chi connectivity index (χ3n) is 6.02. The number of ether oxygens (including phenoxy) is 2. The van der Waals surface area contributed by atoms with Crippen molar-refractivity contribution in [1.29, 1.82) is 0 Å². The van der Waals surface area contributed by atoms with Crippen LogP contribution >= 0.6 is 15.9 Å². The van der Waals surface area contributed by atoms with Crippen LogP contribution in [0.3, 0.4) is 0 Å². The van der Waals surface area contributed by atoms with E-state index in [9.17, 15) is 14.0 Å². The van der Waals surface area contributed by atoms with Gasteiger partial charge in [0, 0.05) is 11.5 Å². The minimum absolute atomic E-state index is 0.0114. The predicted octanol–water partition coefficient (Wildman–Crippen LogP) is 3.75. The highest BCUT2D eigenvalue weighted by molar-refractivity contribution is 9.10. The number of ketones is 2.